The molecule has 1 fully saturated rings. The minimum atomic E-state index is -0.212. The van der Waals surface area contributed by atoms with E-state index in [0.29, 0.717) is 19.7 Å². The van der Waals surface area contributed by atoms with E-state index in [2.05, 4.69) is 0 Å². The van der Waals surface area contributed by atoms with E-state index in [1.54, 1.807) is 11.8 Å². The summed E-state index contributed by atoms with van der Waals surface area (Å²) in [5.74, 6) is 0.211. The molecule has 1 amide bonds. The molecule has 120 valence electrons. The van der Waals surface area contributed by atoms with E-state index in [0.717, 1.165) is 24.2 Å². The smallest absolute Gasteiger partial charge is 0.310 e. The lowest BCUT2D eigenvalue weighted by molar-refractivity contribution is -0.151. The second-order valence-electron chi connectivity index (χ2n) is 5.49. The molecule has 0 radical (unpaired) electrons. The van der Waals surface area contributed by atoms with Crippen molar-refractivity contribution < 1.29 is 19.1 Å². The Bertz CT molecular complexity index is 529. The van der Waals surface area contributed by atoms with E-state index < -0.39 is 0 Å². The summed E-state index contributed by atoms with van der Waals surface area (Å²) in [7, 11) is 0. The molecule has 5 nitrogen and oxygen atoms in total. The van der Waals surface area contributed by atoms with Crippen molar-refractivity contribution in [2.75, 3.05) is 26.3 Å². The number of rotatable bonds is 5. The number of hydrogen-bond donors (Lipinski definition) is 0. The molecule has 1 aliphatic rings. The maximum absolute atomic E-state index is 12.3. The van der Waals surface area contributed by atoms with Crippen molar-refractivity contribution >= 4 is 11.9 Å². The number of ether oxygens (including phenoxy) is 2. The molecule has 1 atom stereocenters. The molecule has 1 aliphatic heterocycles. The molecule has 5 heteroatoms. The van der Waals surface area contributed by atoms with Crippen LogP contribution >= 0.6 is 0 Å². The van der Waals surface area contributed by atoms with Gasteiger partial charge in [0.25, 0.3) is 5.91 Å². The Morgan fingerprint density at radius 2 is 2.09 bits per heavy atom. The zero-order valence-electron chi connectivity index (χ0n) is 13.2. The first-order valence-electron chi connectivity index (χ1n) is 7.74. The van der Waals surface area contributed by atoms with Crippen LogP contribution in [0.1, 0.15) is 25.3 Å². The molecule has 1 saturated heterocycles. The van der Waals surface area contributed by atoms with Crippen LogP contribution in [0.2, 0.25) is 0 Å². The van der Waals surface area contributed by atoms with E-state index in [1.807, 2.05) is 31.2 Å². The minimum absolute atomic E-state index is 0.000396. The zero-order valence-corrected chi connectivity index (χ0v) is 13.2. The van der Waals surface area contributed by atoms with E-state index >= 15 is 0 Å². The molecule has 1 unspecified atom stereocenters. The molecule has 1 aromatic carbocycles. The van der Waals surface area contributed by atoms with Gasteiger partial charge in [-0.05, 0) is 38.3 Å². The van der Waals surface area contributed by atoms with Crippen molar-refractivity contribution in [3.05, 3.63) is 29.8 Å². The minimum Gasteiger partial charge on any atom is -0.484 e. The second kappa shape index (κ2) is 7.82. The number of likely N-dealkylation sites (tertiary alicyclic amines) is 1. The molecule has 0 spiro atoms. The van der Waals surface area contributed by atoms with E-state index in [4.69, 9.17) is 9.47 Å². The molecule has 1 heterocycles. The van der Waals surface area contributed by atoms with Gasteiger partial charge in [-0.1, -0.05) is 18.2 Å². The molecule has 1 aromatic rings. The third-order valence-electron chi connectivity index (χ3n) is 3.84. The van der Waals surface area contributed by atoms with Gasteiger partial charge in [-0.3, -0.25) is 9.59 Å². The highest BCUT2D eigenvalue weighted by atomic mass is 16.5. The quantitative estimate of drug-likeness (QED) is 0.782. The average Bonchev–Trinajstić information content (AvgIpc) is 2.54. The molecule has 0 bridgehead atoms. The number of esters is 1. The molecule has 22 heavy (non-hydrogen) atoms. The van der Waals surface area contributed by atoms with Gasteiger partial charge in [0.2, 0.25) is 0 Å². The number of aryl methyl sites for hydroxylation is 1. The third-order valence-corrected chi connectivity index (χ3v) is 3.84. The fraction of sp³-hybridized carbons (Fsp3) is 0.529. The topological polar surface area (TPSA) is 55.8 Å². The van der Waals surface area contributed by atoms with Crippen LogP contribution in [0.4, 0.5) is 0 Å². The number of hydrogen-bond acceptors (Lipinski definition) is 4. The van der Waals surface area contributed by atoms with Gasteiger partial charge in [0.05, 0.1) is 12.5 Å². The number of para-hydroxylation sites is 1. The van der Waals surface area contributed by atoms with Crippen LogP contribution in [0, 0.1) is 12.8 Å². The summed E-state index contributed by atoms with van der Waals surface area (Å²) in [6.45, 7) is 5.21. The normalized spacial score (nSPS) is 17.9. The summed E-state index contributed by atoms with van der Waals surface area (Å²) in [4.78, 5) is 25.8. The van der Waals surface area contributed by atoms with Crippen molar-refractivity contribution in [2.24, 2.45) is 5.92 Å². The highest BCUT2D eigenvalue weighted by Crippen LogP contribution is 2.19. The Labute approximate surface area is 131 Å². The van der Waals surface area contributed by atoms with Gasteiger partial charge in [0, 0.05) is 13.1 Å². The number of carbonyl (C=O) groups excluding carboxylic acids is 2. The Morgan fingerprint density at radius 1 is 1.32 bits per heavy atom. The van der Waals surface area contributed by atoms with E-state index in [1.165, 1.54) is 0 Å². The first kappa shape index (κ1) is 16.3. The van der Waals surface area contributed by atoms with Crippen LogP contribution in [0.15, 0.2) is 24.3 Å². The predicted octanol–water partition coefficient (Wildman–Crippen LogP) is 2.18. The monoisotopic (exact) mass is 305 g/mol. The number of amides is 1. The maximum Gasteiger partial charge on any atom is 0.310 e. The fourth-order valence-electron chi connectivity index (χ4n) is 2.61. The number of nitrogens with zero attached hydrogens (tertiary/aromatic N) is 1. The van der Waals surface area contributed by atoms with E-state index in [9.17, 15) is 9.59 Å². The lowest BCUT2D eigenvalue weighted by Crippen LogP contribution is -2.44. The van der Waals surface area contributed by atoms with Crippen molar-refractivity contribution in [1.82, 2.24) is 4.90 Å². The molecule has 0 aliphatic carbocycles. The van der Waals surface area contributed by atoms with Gasteiger partial charge in [-0.15, -0.1) is 0 Å². The van der Waals surface area contributed by atoms with Crippen molar-refractivity contribution in [2.45, 2.75) is 26.7 Å². The van der Waals surface area contributed by atoms with Gasteiger partial charge in [0.15, 0.2) is 6.61 Å². The third kappa shape index (κ3) is 4.23. The summed E-state index contributed by atoms with van der Waals surface area (Å²) in [5, 5.41) is 0. The summed E-state index contributed by atoms with van der Waals surface area (Å²) in [5.41, 5.74) is 0.998. The molecule has 2 rings (SSSR count). The highest BCUT2D eigenvalue weighted by Gasteiger charge is 2.29. The van der Waals surface area contributed by atoms with Crippen LogP contribution in [0.25, 0.3) is 0 Å². The van der Waals surface area contributed by atoms with Gasteiger partial charge >= 0.3 is 5.97 Å². The van der Waals surface area contributed by atoms with Gasteiger partial charge < -0.3 is 14.4 Å². The highest BCUT2D eigenvalue weighted by molar-refractivity contribution is 5.79. The molecule has 0 aromatic heterocycles. The number of piperidine rings is 1. The lowest BCUT2D eigenvalue weighted by atomic mass is 9.98. The Morgan fingerprint density at radius 3 is 2.82 bits per heavy atom. The molecular weight excluding hydrogens is 282 g/mol. The molecular formula is C17H23NO4. The van der Waals surface area contributed by atoms with Crippen LogP contribution in [0.3, 0.4) is 0 Å². The van der Waals surface area contributed by atoms with E-state index in [-0.39, 0.29) is 24.4 Å². The van der Waals surface area contributed by atoms with Crippen molar-refractivity contribution in [3.8, 4) is 5.75 Å². The first-order chi connectivity index (χ1) is 10.6. The van der Waals surface area contributed by atoms with Crippen LogP contribution in [0.5, 0.6) is 5.75 Å². The van der Waals surface area contributed by atoms with Crippen LogP contribution in [-0.4, -0.2) is 43.1 Å². The Balaban J connectivity index is 1.87. The van der Waals surface area contributed by atoms with Crippen LogP contribution < -0.4 is 4.74 Å². The summed E-state index contributed by atoms with van der Waals surface area (Å²) < 4.78 is 10.6. The van der Waals surface area contributed by atoms with Gasteiger partial charge in [0.1, 0.15) is 5.75 Å². The largest absolute Gasteiger partial charge is 0.484 e. The number of carbonyl (C=O) groups is 2. The van der Waals surface area contributed by atoms with Crippen LogP contribution in [-0.2, 0) is 14.3 Å². The molecule has 0 saturated carbocycles. The van der Waals surface area contributed by atoms with Gasteiger partial charge in [-0.25, -0.2) is 0 Å². The standard InChI is InChI=1S/C17H23NO4/c1-3-21-17(20)14-8-6-10-18(11-14)16(19)12-22-15-9-5-4-7-13(15)2/h4-5,7,9,14H,3,6,8,10-12H2,1-2H3. The van der Waals surface area contributed by atoms with Crippen molar-refractivity contribution in [1.29, 1.82) is 0 Å². The Hall–Kier alpha value is -2.04. The SMILES string of the molecule is CCOC(=O)C1CCCN(C(=O)COc2ccccc2C)C1. The summed E-state index contributed by atoms with van der Waals surface area (Å²) in [6, 6.07) is 7.60. The fourth-order valence-corrected chi connectivity index (χ4v) is 2.61. The second-order valence-corrected chi connectivity index (χ2v) is 5.49. The number of benzene rings is 1. The summed E-state index contributed by atoms with van der Waals surface area (Å²) >= 11 is 0. The average molecular weight is 305 g/mol. The van der Waals surface area contributed by atoms with Gasteiger partial charge in [-0.2, -0.15) is 0 Å². The van der Waals surface area contributed by atoms with Crippen molar-refractivity contribution in [3.63, 3.8) is 0 Å². The zero-order chi connectivity index (χ0) is 15.9. The maximum atomic E-state index is 12.3. The summed E-state index contributed by atoms with van der Waals surface area (Å²) in [6.07, 6.45) is 1.60. The predicted molar refractivity (Wildman–Crippen MR) is 82.6 cm³/mol. The molecule has 0 N–H and O–H groups in total. The lowest BCUT2D eigenvalue weighted by Gasteiger charge is -2.31. The Kier molecular flexibility index (Phi) is 5.81. The first-order valence-corrected chi connectivity index (χ1v) is 7.74.